The standard InChI is InChI=1S/C10H22N2.C2H6/c1-10(2,3)12-9-7-5-4-6-8(9)11;1-2/h8-9,12H,4-7,11H2,1-3H3;1-2H3. The second-order valence-corrected chi connectivity index (χ2v) is 4.95. The molecule has 0 saturated heterocycles. The van der Waals surface area contributed by atoms with Gasteiger partial charge in [0.15, 0.2) is 0 Å². The summed E-state index contributed by atoms with van der Waals surface area (Å²) in [4.78, 5) is 0. The molecular weight excluding hydrogens is 172 g/mol. The number of hydrogen-bond acceptors (Lipinski definition) is 2. The topological polar surface area (TPSA) is 38.0 Å². The van der Waals surface area contributed by atoms with Crippen LogP contribution in [0.4, 0.5) is 0 Å². The third-order valence-corrected chi connectivity index (χ3v) is 2.44. The SMILES string of the molecule is CC.CC(C)(C)NC1CCCCC1N. The zero-order chi connectivity index (χ0) is 11.2. The molecule has 86 valence electrons. The lowest BCUT2D eigenvalue weighted by Gasteiger charge is -2.35. The third kappa shape index (κ3) is 5.61. The van der Waals surface area contributed by atoms with Crippen molar-refractivity contribution in [3.8, 4) is 0 Å². The van der Waals surface area contributed by atoms with E-state index in [4.69, 9.17) is 5.73 Å². The molecule has 1 fully saturated rings. The van der Waals surface area contributed by atoms with Crippen LogP contribution in [0.3, 0.4) is 0 Å². The molecule has 0 heterocycles. The van der Waals surface area contributed by atoms with Crippen molar-refractivity contribution < 1.29 is 0 Å². The molecule has 1 aliphatic carbocycles. The van der Waals surface area contributed by atoms with Gasteiger partial charge in [0.05, 0.1) is 0 Å². The molecule has 2 nitrogen and oxygen atoms in total. The fourth-order valence-electron chi connectivity index (χ4n) is 1.89. The quantitative estimate of drug-likeness (QED) is 0.683. The van der Waals surface area contributed by atoms with Gasteiger partial charge in [-0.1, -0.05) is 26.7 Å². The molecule has 3 N–H and O–H groups in total. The van der Waals surface area contributed by atoms with Crippen molar-refractivity contribution in [3.63, 3.8) is 0 Å². The fraction of sp³-hybridized carbons (Fsp3) is 1.00. The van der Waals surface area contributed by atoms with Crippen LogP contribution in [0.15, 0.2) is 0 Å². The van der Waals surface area contributed by atoms with Gasteiger partial charge in [-0.15, -0.1) is 0 Å². The first kappa shape index (κ1) is 13.9. The maximum absolute atomic E-state index is 6.02. The summed E-state index contributed by atoms with van der Waals surface area (Å²) >= 11 is 0. The molecule has 14 heavy (non-hydrogen) atoms. The van der Waals surface area contributed by atoms with E-state index in [-0.39, 0.29) is 5.54 Å². The summed E-state index contributed by atoms with van der Waals surface area (Å²) < 4.78 is 0. The average Bonchev–Trinajstić information content (AvgIpc) is 2.10. The lowest BCUT2D eigenvalue weighted by atomic mass is 9.89. The Morgan fingerprint density at radius 3 is 2.00 bits per heavy atom. The molecular formula is C12H28N2. The Morgan fingerprint density at radius 2 is 1.57 bits per heavy atom. The molecule has 0 amide bonds. The van der Waals surface area contributed by atoms with Crippen molar-refractivity contribution in [3.05, 3.63) is 0 Å². The van der Waals surface area contributed by atoms with E-state index in [1.807, 2.05) is 13.8 Å². The van der Waals surface area contributed by atoms with Crippen molar-refractivity contribution in [2.45, 2.75) is 77.9 Å². The van der Waals surface area contributed by atoms with Gasteiger partial charge in [0.2, 0.25) is 0 Å². The molecule has 2 unspecified atom stereocenters. The predicted molar refractivity (Wildman–Crippen MR) is 64.5 cm³/mol. The summed E-state index contributed by atoms with van der Waals surface area (Å²) in [6.45, 7) is 10.6. The van der Waals surface area contributed by atoms with E-state index in [0.717, 1.165) is 0 Å². The summed E-state index contributed by atoms with van der Waals surface area (Å²) in [7, 11) is 0. The zero-order valence-electron chi connectivity index (χ0n) is 10.6. The smallest absolute Gasteiger partial charge is 0.0223 e. The zero-order valence-corrected chi connectivity index (χ0v) is 10.6. The minimum atomic E-state index is 0.208. The Hall–Kier alpha value is -0.0800. The monoisotopic (exact) mass is 200 g/mol. The van der Waals surface area contributed by atoms with Crippen molar-refractivity contribution in [2.75, 3.05) is 0 Å². The lowest BCUT2D eigenvalue weighted by molar-refractivity contribution is 0.266. The molecule has 0 aliphatic heterocycles. The highest BCUT2D eigenvalue weighted by Crippen LogP contribution is 2.18. The average molecular weight is 200 g/mol. The fourth-order valence-corrected chi connectivity index (χ4v) is 1.89. The summed E-state index contributed by atoms with van der Waals surface area (Å²) in [5, 5.41) is 3.58. The van der Waals surface area contributed by atoms with Crippen LogP contribution in [-0.4, -0.2) is 17.6 Å². The second kappa shape index (κ2) is 6.41. The van der Waals surface area contributed by atoms with Gasteiger partial charge in [0, 0.05) is 17.6 Å². The van der Waals surface area contributed by atoms with E-state index >= 15 is 0 Å². The molecule has 0 aromatic rings. The number of rotatable bonds is 1. The Kier molecular flexibility index (Phi) is 6.38. The molecule has 2 heteroatoms. The van der Waals surface area contributed by atoms with Gasteiger partial charge in [0.1, 0.15) is 0 Å². The molecule has 0 aromatic carbocycles. The molecule has 0 bridgehead atoms. The van der Waals surface area contributed by atoms with E-state index in [1.165, 1.54) is 25.7 Å². The molecule has 1 rings (SSSR count). The van der Waals surface area contributed by atoms with Gasteiger partial charge in [-0.25, -0.2) is 0 Å². The maximum Gasteiger partial charge on any atom is 0.0223 e. The van der Waals surface area contributed by atoms with Crippen LogP contribution in [0.5, 0.6) is 0 Å². The molecule has 0 aromatic heterocycles. The van der Waals surface area contributed by atoms with Crippen LogP contribution in [0, 0.1) is 0 Å². The van der Waals surface area contributed by atoms with Crippen molar-refractivity contribution in [1.29, 1.82) is 0 Å². The Balaban J connectivity index is 0.000000791. The first-order valence-corrected chi connectivity index (χ1v) is 6.02. The molecule has 1 saturated carbocycles. The summed E-state index contributed by atoms with van der Waals surface area (Å²) in [5.41, 5.74) is 6.23. The van der Waals surface area contributed by atoms with Gasteiger partial charge < -0.3 is 11.1 Å². The van der Waals surface area contributed by atoms with E-state index in [0.29, 0.717) is 12.1 Å². The van der Waals surface area contributed by atoms with Crippen LogP contribution < -0.4 is 11.1 Å². The Morgan fingerprint density at radius 1 is 1.07 bits per heavy atom. The van der Waals surface area contributed by atoms with Crippen LogP contribution >= 0.6 is 0 Å². The molecule has 2 atom stereocenters. The molecule has 0 radical (unpaired) electrons. The van der Waals surface area contributed by atoms with E-state index in [1.54, 1.807) is 0 Å². The highest BCUT2D eigenvalue weighted by molar-refractivity contribution is 4.87. The molecule has 1 aliphatic rings. The number of hydrogen-bond donors (Lipinski definition) is 2. The van der Waals surface area contributed by atoms with Crippen LogP contribution in [0.2, 0.25) is 0 Å². The van der Waals surface area contributed by atoms with Gasteiger partial charge in [0.25, 0.3) is 0 Å². The minimum absolute atomic E-state index is 0.208. The van der Waals surface area contributed by atoms with Crippen molar-refractivity contribution in [2.24, 2.45) is 5.73 Å². The third-order valence-electron chi connectivity index (χ3n) is 2.44. The van der Waals surface area contributed by atoms with Crippen LogP contribution in [0.1, 0.15) is 60.3 Å². The Bertz CT molecular complexity index is 138. The summed E-state index contributed by atoms with van der Waals surface area (Å²) in [6, 6.07) is 0.914. The first-order chi connectivity index (χ1) is 6.49. The van der Waals surface area contributed by atoms with E-state index < -0.39 is 0 Å². The number of nitrogens with two attached hydrogens (primary N) is 1. The summed E-state index contributed by atoms with van der Waals surface area (Å²) in [6.07, 6.45) is 5.08. The predicted octanol–water partition coefficient (Wildman–Crippen LogP) is 2.67. The number of nitrogens with one attached hydrogen (secondary N) is 1. The van der Waals surface area contributed by atoms with E-state index in [9.17, 15) is 0 Å². The van der Waals surface area contributed by atoms with Crippen LogP contribution in [0.25, 0.3) is 0 Å². The maximum atomic E-state index is 6.02. The first-order valence-electron chi connectivity index (χ1n) is 6.02. The second-order valence-electron chi connectivity index (χ2n) is 4.95. The van der Waals surface area contributed by atoms with Gasteiger partial charge in [-0.05, 0) is 33.6 Å². The molecule has 0 spiro atoms. The van der Waals surface area contributed by atoms with Gasteiger partial charge in [-0.3, -0.25) is 0 Å². The normalized spacial score (nSPS) is 27.9. The highest BCUT2D eigenvalue weighted by Gasteiger charge is 2.25. The van der Waals surface area contributed by atoms with Gasteiger partial charge >= 0.3 is 0 Å². The minimum Gasteiger partial charge on any atom is -0.326 e. The highest BCUT2D eigenvalue weighted by atomic mass is 15.0. The summed E-state index contributed by atoms with van der Waals surface area (Å²) in [5.74, 6) is 0. The van der Waals surface area contributed by atoms with Gasteiger partial charge in [-0.2, -0.15) is 0 Å². The van der Waals surface area contributed by atoms with Crippen molar-refractivity contribution in [1.82, 2.24) is 5.32 Å². The van der Waals surface area contributed by atoms with Crippen LogP contribution in [-0.2, 0) is 0 Å². The van der Waals surface area contributed by atoms with Crippen molar-refractivity contribution >= 4 is 0 Å². The lowest BCUT2D eigenvalue weighted by Crippen LogP contribution is -2.53. The van der Waals surface area contributed by atoms with E-state index in [2.05, 4.69) is 26.1 Å². The largest absolute Gasteiger partial charge is 0.326 e. The Labute approximate surface area is 89.6 Å².